The monoisotopic (exact) mass is 249 g/mol. The van der Waals surface area contributed by atoms with E-state index in [1.807, 2.05) is 6.92 Å². The Morgan fingerprint density at radius 2 is 2.19 bits per heavy atom. The number of nitrogens with two attached hydrogens (primary N) is 1. The Hall–Kier alpha value is -0.660. The summed E-state index contributed by atoms with van der Waals surface area (Å²) in [6.07, 6.45) is 1.26. The normalized spacial score (nSPS) is 20.2. The SMILES string of the molecule is CCN(CCCS(N)(=O)=O)C(=O)C1CCN1. The first kappa shape index (κ1) is 13.4. The van der Waals surface area contributed by atoms with Crippen molar-refractivity contribution in [2.24, 2.45) is 5.14 Å². The van der Waals surface area contributed by atoms with Crippen molar-refractivity contribution in [1.29, 1.82) is 0 Å². The number of nitrogens with one attached hydrogen (secondary N) is 1. The molecule has 94 valence electrons. The van der Waals surface area contributed by atoms with Crippen LogP contribution in [0.3, 0.4) is 0 Å². The molecule has 0 bridgehead atoms. The zero-order valence-corrected chi connectivity index (χ0v) is 10.3. The summed E-state index contributed by atoms with van der Waals surface area (Å²) in [7, 11) is -3.42. The molecular formula is C9H19N3O3S. The fraction of sp³-hybridized carbons (Fsp3) is 0.889. The zero-order valence-electron chi connectivity index (χ0n) is 9.48. The van der Waals surface area contributed by atoms with Gasteiger partial charge in [0.15, 0.2) is 0 Å². The molecule has 1 fully saturated rings. The highest BCUT2D eigenvalue weighted by atomic mass is 32.2. The van der Waals surface area contributed by atoms with Gasteiger partial charge in [-0.05, 0) is 26.3 Å². The molecule has 7 heteroatoms. The maximum atomic E-state index is 11.8. The summed E-state index contributed by atoms with van der Waals surface area (Å²) in [4.78, 5) is 13.5. The Bertz CT molecular complexity index is 338. The van der Waals surface area contributed by atoms with Gasteiger partial charge in [-0.3, -0.25) is 4.79 Å². The van der Waals surface area contributed by atoms with Gasteiger partial charge in [0.2, 0.25) is 15.9 Å². The van der Waals surface area contributed by atoms with Crippen LogP contribution < -0.4 is 10.5 Å². The van der Waals surface area contributed by atoms with Crippen LogP contribution >= 0.6 is 0 Å². The fourth-order valence-electron chi connectivity index (χ4n) is 1.60. The molecule has 1 atom stereocenters. The van der Waals surface area contributed by atoms with Crippen LogP contribution in [0.1, 0.15) is 19.8 Å². The number of primary sulfonamides is 1. The number of hydrogen-bond donors (Lipinski definition) is 2. The Morgan fingerprint density at radius 1 is 1.56 bits per heavy atom. The lowest BCUT2D eigenvalue weighted by atomic mass is 10.1. The van der Waals surface area contributed by atoms with Crippen LogP contribution in [0.4, 0.5) is 0 Å². The molecule has 1 aliphatic heterocycles. The lowest BCUT2D eigenvalue weighted by Crippen LogP contribution is -2.54. The number of amides is 1. The second kappa shape index (κ2) is 5.60. The summed E-state index contributed by atoms with van der Waals surface area (Å²) in [5, 5.41) is 7.93. The first-order valence-electron chi connectivity index (χ1n) is 5.46. The van der Waals surface area contributed by atoms with Crippen molar-refractivity contribution >= 4 is 15.9 Å². The second-order valence-electron chi connectivity index (χ2n) is 3.93. The minimum absolute atomic E-state index is 0.0585. The summed E-state index contributed by atoms with van der Waals surface area (Å²) >= 11 is 0. The number of rotatable bonds is 6. The molecule has 0 radical (unpaired) electrons. The number of carbonyl (C=O) groups excluding carboxylic acids is 1. The summed E-state index contributed by atoms with van der Waals surface area (Å²) in [6.45, 7) is 3.81. The van der Waals surface area contributed by atoms with E-state index in [-0.39, 0.29) is 17.7 Å². The van der Waals surface area contributed by atoms with E-state index in [0.29, 0.717) is 19.5 Å². The van der Waals surface area contributed by atoms with Gasteiger partial charge < -0.3 is 10.2 Å². The van der Waals surface area contributed by atoms with Crippen LogP contribution in [0, 0.1) is 0 Å². The van der Waals surface area contributed by atoms with E-state index in [0.717, 1.165) is 13.0 Å². The van der Waals surface area contributed by atoms with E-state index in [2.05, 4.69) is 5.32 Å². The molecule has 1 unspecified atom stereocenters. The molecule has 1 heterocycles. The molecular weight excluding hydrogens is 230 g/mol. The standard InChI is InChI=1S/C9H19N3O3S/c1-2-12(6-3-7-16(10,14)15)9(13)8-4-5-11-8/h8,11H,2-7H2,1H3,(H2,10,14,15). The number of likely N-dealkylation sites (N-methyl/N-ethyl adjacent to an activating group) is 1. The van der Waals surface area contributed by atoms with Crippen LogP contribution in [0.5, 0.6) is 0 Å². The van der Waals surface area contributed by atoms with Gasteiger partial charge in [0.1, 0.15) is 0 Å². The van der Waals surface area contributed by atoms with Crippen molar-refractivity contribution in [1.82, 2.24) is 10.2 Å². The second-order valence-corrected chi connectivity index (χ2v) is 5.67. The summed E-state index contributed by atoms with van der Waals surface area (Å²) < 4.78 is 21.5. The zero-order chi connectivity index (χ0) is 12.2. The molecule has 1 aliphatic rings. The van der Waals surface area contributed by atoms with E-state index in [4.69, 9.17) is 5.14 Å². The molecule has 1 saturated heterocycles. The quantitative estimate of drug-likeness (QED) is 0.623. The molecule has 0 spiro atoms. The third kappa shape index (κ3) is 4.07. The molecule has 0 aromatic heterocycles. The van der Waals surface area contributed by atoms with Gasteiger partial charge in [0.25, 0.3) is 0 Å². The van der Waals surface area contributed by atoms with Crippen LogP contribution in [0.15, 0.2) is 0 Å². The van der Waals surface area contributed by atoms with Gasteiger partial charge in [-0.1, -0.05) is 0 Å². The molecule has 0 aromatic rings. The van der Waals surface area contributed by atoms with Crippen LogP contribution in [-0.2, 0) is 14.8 Å². The first-order chi connectivity index (χ1) is 7.44. The minimum Gasteiger partial charge on any atom is -0.342 e. The minimum atomic E-state index is -3.42. The summed E-state index contributed by atoms with van der Waals surface area (Å²) in [5.74, 6) is -0.0160. The molecule has 6 nitrogen and oxygen atoms in total. The highest BCUT2D eigenvalue weighted by Gasteiger charge is 2.27. The average molecular weight is 249 g/mol. The Kier molecular flexibility index (Phi) is 4.69. The molecule has 0 saturated carbocycles. The topological polar surface area (TPSA) is 92.5 Å². The van der Waals surface area contributed by atoms with Crippen molar-refractivity contribution < 1.29 is 13.2 Å². The highest BCUT2D eigenvalue weighted by molar-refractivity contribution is 7.89. The van der Waals surface area contributed by atoms with Gasteiger partial charge in [0.05, 0.1) is 11.8 Å². The van der Waals surface area contributed by atoms with Crippen LogP contribution in [0.2, 0.25) is 0 Å². The molecule has 0 aromatic carbocycles. The van der Waals surface area contributed by atoms with E-state index in [1.54, 1.807) is 4.90 Å². The van der Waals surface area contributed by atoms with E-state index in [9.17, 15) is 13.2 Å². The molecule has 16 heavy (non-hydrogen) atoms. The van der Waals surface area contributed by atoms with Gasteiger partial charge in [-0.25, -0.2) is 13.6 Å². The molecule has 0 aliphatic carbocycles. The Balaban J connectivity index is 2.33. The molecule has 3 N–H and O–H groups in total. The molecule has 1 rings (SSSR count). The summed E-state index contributed by atoms with van der Waals surface area (Å²) in [5.41, 5.74) is 0. The Labute approximate surface area is 96.2 Å². The fourth-order valence-corrected chi connectivity index (χ4v) is 2.13. The number of hydrogen-bond acceptors (Lipinski definition) is 4. The largest absolute Gasteiger partial charge is 0.342 e. The predicted molar refractivity (Wildman–Crippen MR) is 61.3 cm³/mol. The van der Waals surface area contributed by atoms with Gasteiger partial charge in [-0.2, -0.15) is 0 Å². The average Bonchev–Trinajstić information content (AvgIpc) is 2.07. The van der Waals surface area contributed by atoms with E-state index >= 15 is 0 Å². The lowest BCUT2D eigenvalue weighted by molar-refractivity contribution is -0.135. The highest BCUT2D eigenvalue weighted by Crippen LogP contribution is 2.07. The van der Waals surface area contributed by atoms with Crippen LogP contribution in [-0.4, -0.2) is 50.7 Å². The van der Waals surface area contributed by atoms with Gasteiger partial charge in [0, 0.05) is 13.1 Å². The van der Waals surface area contributed by atoms with Crippen molar-refractivity contribution in [3.63, 3.8) is 0 Å². The van der Waals surface area contributed by atoms with Crippen molar-refractivity contribution in [2.45, 2.75) is 25.8 Å². The smallest absolute Gasteiger partial charge is 0.239 e. The first-order valence-corrected chi connectivity index (χ1v) is 7.18. The van der Waals surface area contributed by atoms with E-state index in [1.165, 1.54) is 0 Å². The number of carbonyl (C=O) groups is 1. The maximum Gasteiger partial charge on any atom is 0.239 e. The van der Waals surface area contributed by atoms with Gasteiger partial charge in [-0.15, -0.1) is 0 Å². The van der Waals surface area contributed by atoms with Crippen LogP contribution in [0.25, 0.3) is 0 Å². The van der Waals surface area contributed by atoms with E-state index < -0.39 is 10.0 Å². The van der Waals surface area contributed by atoms with Crippen molar-refractivity contribution in [3.05, 3.63) is 0 Å². The van der Waals surface area contributed by atoms with Crippen molar-refractivity contribution in [2.75, 3.05) is 25.4 Å². The summed E-state index contributed by atoms with van der Waals surface area (Å²) in [6, 6.07) is -0.0746. The third-order valence-electron chi connectivity index (χ3n) is 2.67. The third-order valence-corrected chi connectivity index (χ3v) is 3.53. The predicted octanol–water partition coefficient (Wildman–Crippen LogP) is -1.12. The Morgan fingerprint density at radius 3 is 2.56 bits per heavy atom. The number of sulfonamides is 1. The molecule has 1 amide bonds. The lowest BCUT2D eigenvalue weighted by Gasteiger charge is -2.32. The van der Waals surface area contributed by atoms with Gasteiger partial charge >= 0.3 is 0 Å². The maximum absolute atomic E-state index is 11.8. The number of nitrogens with zero attached hydrogens (tertiary/aromatic N) is 1. The van der Waals surface area contributed by atoms with Crippen molar-refractivity contribution in [3.8, 4) is 0 Å².